The third kappa shape index (κ3) is 4.22. The Morgan fingerprint density at radius 1 is 1.31 bits per heavy atom. The zero-order chi connectivity index (χ0) is 19.5. The molecule has 8 heteroatoms. The summed E-state index contributed by atoms with van der Waals surface area (Å²) in [6.07, 6.45) is 0. The highest BCUT2D eigenvalue weighted by Crippen LogP contribution is 2.26. The van der Waals surface area contributed by atoms with Gasteiger partial charge in [-0.25, -0.2) is 4.39 Å². The first-order valence-corrected chi connectivity index (χ1v) is 9.11. The van der Waals surface area contributed by atoms with Crippen molar-refractivity contribution >= 4 is 17.7 Å². The zero-order valence-corrected chi connectivity index (χ0v) is 16.3. The van der Waals surface area contributed by atoms with E-state index in [1.54, 1.807) is 37.6 Å². The predicted octanol–water partition coefficient (Wildman–Crippen LogP) is 3.16. The number of carbonyl (C=O) groups is 1. The van der Waals surface area contributed by atoms with Crippen molar-refractivity contribution in [2.75, 3.05) is 0 Å². The maximum absolute atomic E-state index is 13.1. The van der Waals surface area contributed by atoms with Gasteiger partial charge < -0.3 is 9.88 Å². The molecule has 1 N–H and O–H groups in total. The van der Waals surface area contributed by atoms with Gasteiger partial charge in [0.05, 0.1) is 11.3 Å². The van der Waals surface area contributed by atoms with Crippen molar-refractivity contribution in [3.63, 3.8) is 0 Å². The Labute approximate surface area is 156 Å². The van der Waals surface area contributed by atoms with Crippen LogP contribution in [-0.4, -0.2) is 31.5 Å². The number of hydrogen-bond donors (Lipinski definition) is 1. The number of carbonyl (C=O) groups excluding carboxylic acids is 1. The van der Waals surface area contributed by atoms with E-state index in [4.69, 9.17) is 0 Å². The van der Waals surface area contributed by atoms with Crippen molar-refractivity contribution < 1.29 is 9.18 Å². The van der Waals surface area contributed by atoms with Gasteiger partial charge in [0.1, 0.15) is 11.4 Å². The summed E-state index contributed by atoms with van der Waals surface area (Å²) in [5.74, 6) is 0.0123. The molecular formula is C18H22FN5OS. The molecular weight excluding hydrogens is 353 g/mol. The highest BCUT2D eigenvalue weighted by atomic mass is 32.2. The van der Waals surface area contributed by atoms with Gasteiger partial charge in [0.25, 0.3) is 0 Å². The first-order valence-electron chi connectivity index (χ1n) is 8.23. The Bertz CT molecular complexity index is 827. The van der Waals surface area contributed by atoms with Crippen molar-refractivity contribution in [1.82, 2.24) is 20.1 Å². The minimum atomic E-state index is -0.926. The average Bonchev–Trinajstić information content (AvgIpc) is 2.96. The molecule has 138 valence electrons. The van der Waals surface area contributed by atoms with Gasteiger partial charge in [-0.3, -0.25) is 4.79 Å². The number of amides is 1. The van der Waals surface area contributed by atoms with Crippen LogP contribution in [0.3, 0.4) is 0 Å². The zero-order valence-electron chi connectivity index (χ0n) is 15.4. The van der Waals surface area contributed by atoms with E-state index in [1.165, 1.54) is 23.9 Å². The summed E-state index contributed by atoms with van der Waals surface area (Å²) in [5, 5.41) is 20.5. The molecule has 2 atom stereocenters. The Morgan fingerprint density at radius 3 is 2.46 bits per heavy atom. The van der Waals surface area contributed by atoms with Gasteiger partial charge in [0, 0.05) is 12.6 Å². The molecule has 2 aromatic rings. The van der Waals surface area contributed by atoms with Crippen molar-refractivity contribution in [3.8, 4) is 17.5 Å². The number of halogens is 1. The van der Waals surface area contributed by atoms with Crippen LogP contribution in [0.5, 0.6) is 0 Å². The van der Waals surface area contributed by atoms with Crippen LogP contribution in [0.2, 0.25) is 0 Å². The number of nitrogens with one attached hydrogen (secondary N) is 1. The highest BCUT2D eigenvalue weighted by Gasteiger charge is 2.32. The van der Waals surface area contributed by atoms with Crippen molar-refractivity contribution in [2.24, 2.45) is 13.0 Å². The molecule has 0 fully saturated rings. The molecule has 0 aliphatic rings. The largest absolute Gasteiger partial charge is 0.337 e. The van der Waals surface area contributed by atoms with Crippen molar-refractivity contribution in [2.45, 2.75) is 43.6 Å². The van der Waals surface area contributed by atoms with Crippen LogP contribution < -0.4 is 5.32 Å². The lowest BCUT2D eigenvalue weighted by Crippen LogP contribution is -2.51. The van der Waals surface area contributed by atoms with E-state index in [-0.39, 0.29) is 17.6 Å². The molecule has 1 aromatic heterocycles. The monoisotopic (exact) mass is 375 g/mol. The minimum Gasteiger partial charge on any atom is -0.337 e. The van der Waals surface area contributed by atoms with Gasteiger partial charge in [-0.05, 0) is 44.0 Å². The average molecular weight is 375 g/mol. The Hall–Kier alpha value is -2.40. The van der Waals surface area contributed by atoms with E-state index >= 15 is 0 Å². The number of hydrogen-bond acceptors (Lipinski definition) is 5. The summed E-state index contributed by atoms with van der Waals surface area (Å²) in [4.78, 5) is 12.5. The molecule has 0 saturated carbocycles. The van der Waals surface area contributed by atoms with Crippen LogP contribution in [0.4, 0.5) is 4.39 Å². The number of thioether (sulfide) groups is 1. The maximum Gasteiger partial charge on any atom is 0.234 e. The summed E-state index contributed by atoms with van der Waals surface area (Å²) in [5.41, 5.74) is -0.187. The fourth-order valence-corrected chi connectivity index (χ4v) is 2.95. The molecule has 0 spiro atoms. The summed E-state index contributed by atoms with van der Waals surface area (Å²) < 4.78 is 14.8. The normalized spacial score (nSPS) is 14.5. The molecule has 26 heavy (non-hydrogen) atoms. The van der Waals surface area contributed by atoms with Gasteiger partial charge in [0.2, 0.25) is 5.91 Å². The third-order valence-corrected chi connectivity index (χ3v) is 5.49. The van der Waals surface area contributed by atoms with Crippen molar-refractivity contribution in [3.05, 3.63) is 30.1 Å². The summed E-state index contributed by atoms with van der Waals surface area (Å²) in [6.45, 7) is 7.24. The molecule has 6 nitrogen and oxygen atoms in total. The Morgan fingerprint density at radius 2 is 1.92 bits per heavy atom. The van der Waals surface area contributed by atoms with E-state index in [9.17, 15) is 14.4 Å². The molecule has 0 unspecified atom stereocenters. The molecule has 2 rings (SSSR count). The lowest BCUT2D eigenvalue weighted by atomic mass is 9.90. The molecule has 1 aromatic carbocycles. The maximum atomic E-state index is 13.1. The van der Waals surface area contributed by atoms with Gasteiger partial charge in [-0.15, -0.1) is 10.2 Å². The van der Waals surface area contributed by atoms with Gasteiger partial charge in [0.15, 0.2) is 11.0 Å². The fourth-order valence-electron chi connectivity index (χ4n) is 2.14. The highest BCUT2D eigenvalue weighted by molar-refractivity contribution is 8.00. The number of benzene rings is 1. The van der Waals surface area contributed by atoms with Gasteiger partial charge in [-0.1, -0.05) is 25.6 Å². The lowest BCUT2D eigenvalue weighted by molar-refractivity contribution is -0.121. The van der Waals surface area contributed by atoms with Gasteiger partial charge >= 0.3 is 0 Å². The fraction of sp³-hybridized carbons (Fsp3) is 0.444. The predicted molar refractivity (Wildman–Crippen MR) is 98.7 cm³/mol. The smallest absolute Gasteiger partial charge is 0.234 e. The van der Waals surface area contributed by atoms with Crippen LogP contribution >= 0.6 is 11.8 Å². The van der Waals surface area contributed by atoms with Crippen LogP contribution in [0.15, 0.2) is 29.4 Å². The second-order valence-corrected chi connectivity index (χ2v) is 7.90. The summed E-state index contributed by atoms with van der Waals surface area (Å²) in [6, 6.07) is 8.15. The number of rotatable bonds is 6. The first-order chi connectivity index (χ1) is 12.2. The number of nitrogens with zero attached hydrogens (tertiary/aromatic N) is 4. The van der Waals surface area contributed by atoms with E-state index in [1.807, 2.05) is 13.8 Å². The van der Waals surface area contributed by atoms with Crippen LogP contribution in [0.1, 0.15) is 27.7 Å². The van der Waals surface area contributed by atoms with Gasteiger partial charge in [-0.2, -0.15) is 5.26 Å². The van der Waals surface area contributed by atoms with E-state index < -0.39 is 10.8 Å². The van der Waals surface area contributed by atoms with Crippen LogP contribution in [0, 0.1) is 23.1 Å². The summed E-state index contributed by atoms with van der Waals surface area (Å²) in [7, 11) is 1.79. The first kappa shape index (κ1) is 19.9. The van der Waals surface area contributed by atoms with E-state index in [0.29, 0.717) is 11.0 Å². The molecule has 0 aliphatic heterocycles. The van der Waals surface area contributed by atoms with E-state index in [0.717, 1.165) is 5.56 Å². The van der Waals surface area contributed by atoms with Crippen LogP contribution in [-0.2, 0) is 11.8 Å². The Balaban J connectivity index is 2.13. The SMILES string of the molecule is CC(C)[C@@](C)(C#N)NC(=O)[C@@H](C)Sc1nnc(-c2ccc(F)cc2)n1C. The molecule has 0 aliphatic carbocycles. The topological polar surface area (TPSA) is 83.6 Å². The number of nitriles is 1. The third-order valence-electron chi connectivity index (χ3n) is 4.36. The molecule has 0 radical (unpaired) electrons. The lowest BCUT2D eigenvalue weighted by Gasteiger charge is -2.28. The minimum absolute atomic E-state index is 0.0199. The second kappa shape index (κ2) is 7.87. The molecule has 0 saturated heterocycles. The summed E-state index contributed by atoms with van der Waals surface area (Å²) >= 11 is 1.25. The standard InChI is InChI=1S/C18H22FN5OS/c1-11(2)18(4,10-20)21-16(25)12(3)26-17-23-22-15(24(17)5)13-6-8-14(19)9-7-13/h6-9,11-12H,1-5H3,(H,21,25)/t12-,18-/m1/s1. The van der Waals surface area contributed by atoms with Crippen molar-refractivity contribution in [1.29, 1.82) is 5.26 Å². The van der Waals surface area contributed by atoms with E-state index in [2.05, 4.69) is 21.6 Å². The van der Waals surface area contributed by atoms with Crippen LogP contribution in [0.25, 0.3) is 11.4 Å². The molecule has 1 amide bonds. The number of aromatic nitrogens is 3. The molecule has 1 heterocycles. The molecule has 0 bridgehead atoms. The quantitative estimate of drug-likeness (QED) is 0.784. The second-order valence-electron chi connectivity index (χ2n) is 6.59. The Kier molecular flexibility index (Phi) is 6.03.